The number of benzene rings is 1. The Labute approximate surface area is 153 Å². The van der Waals surface area contributed by atoms with Crippen LogP contribution in [0.3, 0.4) is 0 Å². The number of carbonyl (C=O) groups excluding carboxylic acids is 1. The summed E-state index contributed by atoms with van der Waals surface area (Å²) < 4.78 is 5.76. The Balaban J connectivity index is 1.48. The molecule has 7 heteroatoms. The monoisotopic (exact) mass is 355 g/mol. The second-order valence-electron chi connectivity index (χ2n) is 7.32. The van der Waals surface area contributed by atoms with Crippen LogP contribution in [0.1, 0.15) is 42.5 Å². The van der Waals surface area contributed by atoms with Gasteiger partial charge < -0.3 is 9.64 Å². The predicted octanol–water partition coefficient (Wildman–Crippen LogP) is 2.30. The molecule has 7 nitrogen and oxygen atoms in total. The summed E-state index contributed by atoms with van der Waals surface area (Å²) in [5.41, 5.74) is 1.56. The largest absolute Gasteiger partial charge is 0.376 e. The molecule has 1 aliphatic heterocycles. The zero-order valence-corrected chi connectivity index (χ0v) is 15.2. The van der Waals surface area contributed by atoms with Crippen LogP contribution < -0.4 is 0 Å². The van der Waals surface area contributed by atoms with Gasteiger partial charge in [0.2, 0.25) is 5.82 Å². The molecule has 2 fully saturated rings. The Bertz CT molecular complexity index is 748. The Morgan fingerprint density at radius 1 is 1.19 bits per heavy atom. The molecule has 0 spiro atoms. The molecule has 2 heterocycles. The quantitative estimate of drug-likeness (QED) is 0.795. The van der Waals surface area contributed by atoms with E-state index < -0.39 is 0 Å². The number of aryl methyl sites for hydroxylation is 1. The molecular weight excluding hydrogens is 330 g/mol. The van der Waals surface area contributed by atoms with Crippen LogP contribution in [0.25, 0.3) is 11.4 Å². The molecule has 138 valence electrons. The summed E-state index contributed by atoms with van der Waals surface area (Å²) in [6, 6.07) is 7.49. The number of aromatic nitrogens is 4. The first-order valence-electron chi connectivity index (χ1n) is 9.44. The van der Waals surface area contributed by atoms with E-state index in [0.717, 1.165) is 31.6 Å². The minimum absolute atomic E-state index is 0.0889. The minimum Gasteiger partial charge on any atom is -0.376 e. The highest BCUT2D eigenvalue weighted by atomic mass is 16.5. The van der Waals surface area contributed by atoms with E-state index in [2.05, 4.69) is 15.4 Å². The van der Waals surface area contributed by atoms with E-state index in [-0.39, 0.29) is 12.0 Å². The van der Waals surface area contributed by atoms with Gasteiger partial charge in [-0.25, -0.2) is 0 Å². The minimum atomic E-state index is 0.0889. The summed E-state index contributed by atoms with van der Waals surface area (Å²) in [5, 5.41) is 12.1. The molecule has 1 saturated heterocycles. The number of amides is 1. The molecule has 1 saturated carbocycles. The van der Waals surface area contributed by atoms with E-state index in [9.17, 15) is 4.79 Å². The first-order chi connectivity index (χ1) is 12.7. The van der Waals surface area contributed by atoms with Crippen LogP contribution >= 0.6 is 0 Å². The molecule has 26 heavy (non-hydrogen) atoms. The highest BCUT2D eigenvalue weighted by molar-refractivity contribution is 5.94. The lowest BCUT2D eigenvalue weighted by Gasteiger charge is -2.33. The van der Waals surface area contributed by atoms with Gasteiger partial charge in [-0.15, -0.1) is 10.2 Å². The molecular formula is C19H25N5O2. The fraction of sp³-hybridized carbons (Fsp3) is 0.579. The standard InChI is InChI=1S/C19H25N5O2/c1-23-21-18(20-22-23)15-7-9-16(10-8-15)19(25)24(12-14-4-2-5-14)13-17-6-3-11-26-17/h7-10,14,17H,2-6,11-13H2,1H3. The Hall–Kier alpha value is -2.28. The summed E-state index contributed by atoms with van der Waals surface area (Å²) in [6.45, 7) is 2.35. The molecule has 1 aliphatic carbocycles. The SMILES string of the molecule is Cn1nnc(-c2ccc(C(=O)N(CC3CCC3)CC3CCCO3)cc2)n1. The van der Waals surface area contributed by atoms with Crippen LogP contribution in [-0.4, -0.2) is 56.8 Å². The molecule has 2 aliphatic rings. The van der Waals surface area contributed by atoms with Crippen molar-refractivity contribution in [3.63, 3.8) is 0 Å². The summed E-state index contributed by atoms with van der Waals surface area (Å²) in [7, 11) is 1.73. The van der Waals surface area contributed by atoms with Crippen molar-refractivity contribution >= 4 is 5.91 Å². The second-order valence-corrected chi connectivity index (χ2v) is 7.32. The number of nitrogens with zero attached hydrogens (tertiary/aromatic N) is 5. The Morgan fingerprint density at radius 3 is 2.58 bits per heavy atom. The lowest BCUT2D eigenvalue weighted by atomic mass is 9.85. The van der Waals surface area contributed by atoms with Crippen molar-refractivity contribution in [2.75, 3.05) is 19.7 Å². The molecule has 1 aromatic heterocycles. The number of carbonyl (C=O) groups is 1. The topological polar surface area (TPSA) is 73.1 Å². The van der Waals surface area contributed by atoms with Crippen molar-refractivity contribution < 1.29 is 9.53 Å². The highest BCUT2D eigenvalue weighted by Gasteiger charge is 2.28. The van der Waals surface area contributed by atoms with Gasteiger partial charge in [0.15, 0.2) is 0 Å². The first-order valence-corrected chi connectivity index (χ1v) is 9.44. The Kier molecular flexibility index (Phi) is 4.97. The zero-order valence-electron chi connectivity index (χ0n) is 15.2. The van der Waals surface area contributed by atoms with Crippen LogP contribution in [0.2, 0.25) is 0 Å². The van der Waals surface area contributed by atoms with Crippen molar-refractivity contribution in [3.8, 4) is 11.4 Å². The molecule has 1 aromatic carbocycles. The molecule has 4 rings (SSSR count). The zero-order chi connectivity index (χ0) is 17.9. The molecule has 1 atom stereocenters. The van der Waals surface area contributed by atoms with Crippen molar-refractivity contribution in [3.05, 3.63) is 29.8 Å². The van der Waals surface area contributed by atoms with Gasteiger partial charge in [0.05, 0.1) is 13.2 Å². The predicted molar refractivity (Wildman–Crippen MR) is 96.5 cm³/mol. The molecule has 0 bridgehead atoms. The average molecular weight is 355 g/mol. The van der Waals surface area contributed by atoms with Gasteiger partial charge in [0.1, 0.15) is 0 Å². The van der Waals surface area contributed by atoms with E-state index in [1.165, 1.54) is 24.1 Å². The van der Waals surface area contributed by atoms with Crippen molar-refractivity contribution in [1.82, 2.24) is 25.1 Å². The average Bonchev–Trinajstić information content (AvgIpc) is 3.28. The van der Waals surface area contributed by atoms with Gasteiger partial charge in [0.25, 0.3) is 5.91 Å². The lowest BCUT2D eigenvalue weighted by Crippen LogP contribution is -2.41. The van der Waals surface area contributed by atoms with Crippen molar-refractivity contribution in [2.45, 2.75) is 38.2 Å². The normalized spacial score (nSPS) is 20.1. The van der Waals surface area contributed by atoms with Crippen LogP contribution in [0.5, 0.6) is 0 Å². The molecule has 1 unspecified atom stereocenters. The van der Waals surface area contributed by atoms with Gasteiger partial charge >= 0.3 is 0 Å². The fourth-order valence-electron chi connectivity index (χ4n) is 3.61. The fourth-order valence-corrected chi connectivity index (χ4v) is 3.61. The summed E-state index contributed by atoms with van der Waals surface area (Å²) in [5.74, 6) is 1.30. The number of tetrazole rings is 1. The van der Waals surface area contributed by atoms with Gasteiger partial charge in [-0.2, -0.15) is 4.80 Å². The van der Waals surface area contributed by atoms with Gasteiger partial charge in [-0.1, -0.05) is 18.6 Å². The van der Waals surface area contributed by atoms with Crippen LogP contribution in [0.15, 0.2) is 24.3 Å². The number of ether oxygens (including phenoxy) is 1. The van der Waals surface area contributed by atoms with Crippen LogP contribution in [0.4, 0.5) is 0 Å². The first kappa shape index (κ1) is 17.1. The van der Waals surface area contributed by atoms with Gasteiger partial charge in [-0.05, 0) is 48.9 Å². The van der Waals surface area contributed by atoms with E-state index in [0.29, 0.717) is 23.9 Å². The smallest absolute Gasteiger partial charge is 0.253 e. The van der Waals surface area contributed by atoms with E-state index in [1.54, 1.807) is 7.05 Å². The van der Waals surface area contributed by atoms with Gasteiger partial charge in [0, 0.05) is 30.8 Å². The maximum Gasteiger partial charge on any atom is 0.253 e. The highest BCUT2D eigenvalue weighted by Crippen LogP contribution is 2.28. The van der Waals surface area contributed by atoms with Crippen molar-refractivity contribution in [2.24, 2.45) is 13.0 Å². The van der Waals surface area contributed by atoms with E-state index >= 15 is 0 Å². The van der Waals surface area contributed by atoms with Crippen molar-refractivity contribution in [1.29, 1.82) is 0 Å². The Morgan fingerprint density at radius 2 is 2.00 bits per heavy atom. The third kappa shape index (κ3) is 3.77. The summed E-state index contributed by atoms with van der Waals surface area (Å²) >= 11 is 0. The van der Waals surface area contributed by atoms with Crippen LogP contribution in [0, 0.1) is 5.92 Å². The second kappa shape index (κ2) is 7.53. The lowest BCUT2D eigenvalue weighted by molar-refractivity contribution is 0.0448. The third-order valence-corrected chi connectivity index (χ3v) is 5.34. The number of hydrogen-bond acceptors (Lipinski definition) is 5. The maximum atomic E-state index is 13.1. The van der Waals surface area contributed by atoms with E-state index in [1.807, 2.05) is 29.2 Å². The van der Waals surface area contributed by atoms with E-state index in [4.69, 9.17) is 4.74 Å². The molecule has 0 radical (unpaired) electrons. The molecule has 1 amide bonds. The maximum absolute atomic E-state index is 13.1. The van der Waals surface area contributed by atoms with Gasteiger partial charge in [-0.3, -0.25) is 4.79 Å². The third-order valence-electron chi connectivity index (χ3n) is 5.34. The molecule has 0 N–H and O–H groups in total. The summed E-state index contributed by atoms with van der Waals surface area (Å²) in [4.78, 5) is 16.5. The van der Waals surface area contributed by atoms with Crippen LogP contribution in [-0.2, 0) is 11.8 Å². The number of hydrogen-bond donors (Lipinski definition) is 0. The number of rotatable bonds is 6. The molecule has 2 aromatic rings. The summed E-state index contributed by atoms with van der Waals surface area (Å²) in [6.07, 6.45) is 6.06.